The lowest BCUT2D eigenvalue weighted by atomic mass is 9.92. The minimum Gasteiger partial charge on any atom is -0.455 e. The summed E-state index contributed by atoms with van der Waals surface area (Å²) in [5.74, 6) is -0.577. The van der Waals surface area contributed by atoms with Gasteiger partial charge < -0.3 is 15.1 Å². The van der Waals surface area contributed by atoms with Gasteiger partial charge in [-0.3, -0.25) is 9.59 Å². The van der Waals surface area contributed by atoms with Crippen LogP contribution >= 0.6 is 0 Å². The Hall–Kier alpha value is -3.93. The van der Waals surface area contributed by atoms with Crippen molar-refractivity contribution in [3.63, 3.8) is 0 Å². The largest absolute Gasteiger partial charge is 0.455 e. The van der Waals surface area contributed by atoms with Gasteiger partial charge >= 0.3 is 0 Å². The van der Waals surface area contributed by atoms with E-state index in [9.17, 15) is 14.0 Å². The number of carbonyl (C=O) groups is 2. The Morgan fingerprint density at radius 3 is 2.28 bits per heavy atom. The molecular weight excluding hydrogens is 407 g/mol. The summed E-state index contributed by atoms with van der Waals surface area (Å²) in [6, 6.07) is 18.9. The van der Waals surface area contributed by atoms with Gasteiger partial charge in [-0.05, 0) is 54.8 Å². The van der Waals surface area contributed by atoms with E-state index in [-0.39, 0.29) is 23.7 Å². The molecular formula is C26H21FN2O3. The second kappa shape index (κ2) is 7.96. The van der Waals surface area contributed by atoms with Crippen LogP contribution in [0.2, 0.25) is 0 Å². The summed E-state index contributed by atoms with van der Waals surface area (Å²) in [7, 11) is 1.54. The van der Waals surface area contributed by atoms with E-state index in [1.165, 1.54) is 12.1 Å². The molecule has 5 rings (SSSR count). The van der Waals surface area contributed by atoms with E-state index in [2.05, 4.69) is 10.6 Å². The van der Waals surface area contributed by atoms with Gasteiger partial charge in [0.2, 0.25) is 0 Å². The molecule has 0 aliphatic heterocycles. The molecule has 1 heterocycles. The van der Waals surface area contributed by atoms with Gasteiger partial charge in [0.15, 0.2) is 0 Å². The molecule has 0 atom stereocenters. The first-order chi connectivity index (χ1) is 15.6. The molecule has 0 unspecified atom stereocenters. The van der Waals surface area contributed by atoms with Crippen molar-refractivity contribution in [1.29, 1.82) is 0 Å². The van der Waals surface area contributed by atoms with E-state index in [4.69, 9.17) is 4.42 Å². The van der Waals surface area contributed by atoms with Crippen LogP contribution in [-0.4, -0.2) is 24.9 Å². The first kappa shape index (κ1) is 20.0. The molecule has 32 heavy (non-hydrogen) atoms. The Labute approximate surface area is 184 Å². The summed E-state index contributed by atoms with van der Waals surface area (Å²) < 4.78 is 19.6. The van der Waals surface area contributed by atoms with Crippen LogP contribution in [0.1, 0.15) is 33.6 Å². The highest BCUT2D eigenvalue weighted by molar-refractivity contribution is 6.19. The van der Waals surface area contributed by atoms with Crippen molar-refractivity contribution in [2.75, 3.05) is 7.05 Å². The molecule has 1 fully saturated rings. The quantitative estimate of drug-likeness (QED) is 0.461. The highest BCUT2D eigenvalue weighted by Crippen LogP contribution is 2.41. The fraction of sp³-hybridized carbons (Fsp3) is 0.154. The number of fused-ring (bicyclic) bond motifs is 1. The molecule has 0 saturated heterocycles. The fourth-order valence-electron chi connectivity index (χ4n) is 3.92. The van der Waals surface area contributed by atoms with Crippen LogP contribution in [0.4, 0.5) is 4.39 Å². The molecule has 6 heteroatoms. The van der Waals surface area contributed by atoms with Crippen LogP contribution in [0.5, 0.6) is 0 Å². The normalized spacial score (nSPS) is 13.2. The number of nitrogens with one attached hydrogen (secondary N) is 2. The lowest BCUT2D eigenvalue weighted by molar-refractivity contribution is 0.0946. The molecule has 0 radical (unpaired) electrons. The predicted molar refractivity (Wildman–Crippen MR) is 121 cm³/mol. The molecule has 1 aliphatic rings. The minimum atomic E-state index is -0.379. The lowest BCUT2D eigenvalue weighted by Crippen LogP contribution is -2.26. The number of halogens is 1. The molecule has 2 amide bonds. The van der Waals surface area contributed by atoms with Gasteiger partial charge in [0.25, 0.3) is 11.8 Å². The molecule has 3 aromatic carbocycles. The first-order valence-corrected chi connectivity index (χ1v) is 10.5. The van der Waals surface area contributed by atoms with Gasteiger partial charge in [-0.25, -0.2) is 4.39 Å². The number of benzene rings is 3. The van der Waals surface area contributed by atoms with Crippen molar-refractivity contribution in [1.82, 2.24) is 10.6 Å². The average Bonchev–Trinajstić information content (AvgIpc) is 3.55. The Morgan fingerprint density at radius 2 is 1.62 bits per heavy atom. The summed E-state index contributed by atoms with van der Waals surface area (Å²) in [6.45, 7) is 0. The van der Waals surface area contributed by atoms with E-state index in [1.807, 2.05) is 30.3 Å². The standard InChI is InChI=1S/C26H21FN2O3/c1-28-26(31)23-22-20(32-24(23)16-7-9-17(27)10-8-16)14-13-19(25(30)29-18-11-12-18)21(22)15-5-3-2-4-6-15/h2-10,13-14,18H,11-12H2,1H3,(H,28,31)(H,29,30). The molecule has 4 aromatic rings. The number of hydrogen-bond acceptors (Lipinski definition) is 3. The van der Waals surface area contributed by atoms with Gasteiger partial charge in [0.05, 0.1) is 5.56 Å². The Kier molecular flexibility index (Phi) is 4.98. The molecule has 5 nitrogen and oxygen atoms in total. The second-order valence-corrected chi connectivity index (χ2v) is 7.87. The third-order valence-electron chi connectivity index (χ3n) is 5.64. The van der Waals surface area contributed by atoms with Crippen LogP contribution in [0, 0.1) is 5.82 Å². The minimum absolute atomic E-state index is 0.180. The fourth-order valence-corrected chi connectivity index (χ4v) is 3.92. The number of hydrogen-bond donors (Lipinski definition) is 2. The summed E-state index contributed by atoms with van der Waals surface area (Å²) >= 11 is 0. The summed E-state index contributed by atoms with van der Waals surface area (Å²) in [6.07, 6.45) is 1.94. The van der Waals surface area contributed by atoms with Gasteiger partial charge in [-0.1, -0.05) is 30.3 Å². The Bertz CT molecular complexity index is 1320. The highest BCUT2D eigenvalue weighted by Gasteiger charge is 2.29. The van der Waals surface area contributed by atoms with Gasteiger partial charge in [0.1, 0.15) is 17.2 Å². The smallest absolute Gasteiger partial charge is 0.255 e. The summed E-state index contributed by atoms with van der Waals surface area (Å²) in [5.41, 5.74) is 3.28. The van der Waals surface area contributed by atoms with Gasteiger partial charge in [-0.15, -0.1) is 0 Å². The Morgan fingerprint density at radius 1 is 0.906 bits per heavy atom. The highest BCUT2D eigenvalue weighted by atomic mass is 19.1. The zero-order valence-electron chi connectivity index (χ0n) is 17.4. The molecule has 1 aromatic heterocycles. The van der Waals surface area contributed by atoms with E-state index in [0.717, 1.165) is 18.4 Å². The van der Waals surface area contributed by atoms with E-state index >= 15 is 0 Å². The Balaban J connectivity index is 1.83. The first-order valence-electron chi connectivity index (χ1n) is 10.5. The maximum atomic E-state index is 13.5. The average molecular weight is 428 g/mol. The molecule has 1 saturated carbocycles. The number of carbonyl (C=O) groups excluding carboxylic acids is 2. The van der Waals surface area contributed by atoms with Crippen LogP contribution in [0.25, 0.3) is 33.4 Å². The van der Waals surface area contributed by atoms with Crippen LogP contribution in [0.3, 0.4) is 0 Å². The van der Waals surface area contributed by atoms with E-state index in [0.29, 0.717) is 39.0 Å². The van der Waals surface area contributed by atoms with Crippen molar-refractivity contribution >= 4 is 22.8 Å². The summed E-state index contributed by atoms with van der Waals surface area (Å²) in [4.78, 5) is 26.2. The molecule has 1 aliphatic carbocycles. The zero-order valence-corrected chi connectivity index (χ0v) is 17.4. The van der Waals surface area contributed by atoms with Crippen LogP contribution in [-0.2, 0) is 0 Å². The second-order valence-electron chi connectivity index (χ2n) is 7.87. The lowest BCUT2D eigenvalue weighted by Gasteiger charge is -2.12. The van der Waals surface area contributed by atoms with Crippen molar-refractivity contribution in [3.8, 4) is 22.5 Å². The van der Waals surface area contributed by atoms with Crippen LogP contribution < -0.4 is 10.6 Å². The number of furan rings is 1. The number of amides is 2. The molecule has 0 bridgehead atoms. The van der Waals surface area contributed by atoms with Crippen molar-refractivity contribution in [3.05, 3.63) is 83.7 Å². The maximum absolute atomic E-state index is 13.5. The van der Waals surface area contributed by atoms with Gasteiger partial charge in [0, 0.05) is 35.2 Å². The molecule has 160 valence electrons. The topological polar surface area (TPSA) is 71.3 Å². The summed E-state index contributed by atoms with van der Waals surface area (Å²) in [5, 5.41) is 6.27. The zero-order chi connectivity index (χ0) is 22.2. The van der Waals surface area contributed by atoms with E-state index < -0.39 is 0 Å². The van der Waals surface area contributed by atoms with Gasteiger partial charge in [-0.2, -0.15) is 0 Å². The van der Waals surface area contributed by atoms with E-state index in [1.54, 1.807) is 31.3 Å². The van der Waals surface area contributed by atoms with Crippen LogP contribution in [0.15, 0.2) is 71.1 Å². The molecule has 0 spiro atoms. The maximum Gasteiger partial charge on any atom is 0.255 e. The van der Waals surface area contributed by atoms with Crippen molar-refractivity contribution in [2.24, 2.45) is 0 Å². The number of rotatable bonds is 5. The van der Waals surface area contributed by atoms with Crippen molar-refractivity contribution in [2.45, 2.75) is 18.9 Å². The predicted octanol–water partition coefficient (Wildman–Crippen LogP) is 5.16. The SMILES string of the molecule is CNC(=O)c1c(-c2ccc(F)cc2)oc2ccc(C(=O)NC3CC3)c(-c3ccccc3)c12. The third-order valence-corrected chi connectivity index (χ3v) is 5.64. The molecule has 2 N–H and O–H groups in total. The van der Waals surface area contributed by atoms with Crippen molar-refractivity contribution < 1.29 is 18.4 Å². The monoisotopic (exact) mass is 428 g/mol. The third kappa shape index (κ3) is 3.54.